The molecular formula is C30H25N3O5S. The summed E-state index contributed by atoms with van der Waals surface area (Å²) in [5.41, 5.74) is 2.99. The number of hydrogen-bond acceptors (Lipinski definition) is 7. The quantitative estimate of drug-likeness (QED) is 0.258. The minimum Gasteiger partial charge on any atom is -0.497 e. The van der Waals surface area contributed by atoms with Gasteiger partial charge in [-0.2, -0.15) is 0 Å². The largest absolute Gasteiger partial charge is 0.497 e. The van der Waals surface area contributed by atoms with E-state index in [1.165, 1.54) is 6.26 Å². The van der Waals surface area contributed by atoms with E-state index in [2.05, 4.69) is 10.6 Å². The Morgan fingerprint density at radius 1 is 0.923 bits per heavy atom. The summed E-state index contributed by atoms with van der Waals surface area (Å²) in [5, 5.41) is 6.02. The molecule has 1 aromatic heterocycles. The summed E-state index contributed by atoms with van der Waals surface area (Å²) < 4.78 is 10.5. The summed E-state index contributed by atoms with van der Waals surface area (Å²) >= 11 is 1.16. The standard InChI is InChI=1S/C30H25N3O5S/c1-19-8-12-21(13-9-19)31-26-27(30(36)33(29(26)35)18-24-6-4-16-38-24)39-25-7-3-5-22(17-25)32-28(34)20-10-14-23(37-2)15-11-20/h3-17,31H,18H2,1-2H3,(H,32,34). The Balaban J connectivity index is 1.39. The molecule has 3 amide bonds. The van der Waals surface area contributed by atoms with E-state index in [9.17, 15) is 14.4 Å². The number of nitrogens with one attached hydrogen (secondary N) is 2. The maximum absolute atomic E-state index is 13.5. The highest BCUT2D eigenvalue weighted by atomic mass is 32.2. The molecule has 0 radical (unpaired) electrons. The number of methoxy groups -OCH3 is 1. The van der Waals surface area contributed by atoms with Crippen LogP contribution in [-0.4, -0.2) is 29.7 Å². The summed E-state index contributed by atoms with van der Waals surface area (Å²) in [6, 6.07) is 24.9. The molecule has 2 N–H and O–H groups in total. The fourth-order valence-electron chi connectivity index (χ4n) is 3.94. The first-order valence-electron chi connectivity index (χ1n) is 12.1. The van der Waals surface area contributed by atoms with Crippen LogP contribution in [0.4, 0.5) is 11.4 Å². The van der Waals surface area contributed by atoms with E-state index in [1.54, 1.807) is 61.7 Å². The van der Waals surface area contributed by atoms with Gasteiger partial charge in [-0.25, -0.2) is 0 Å². The minimum absolute atomic E-state index is 0.0196. The number of carbonyl (C=O) groups excluding carboxylic acids is 3. The van der Waals surface area contributed by atoms with E-state index in [-0.39, 0.29) is 23.1 Å². The van der Waals surface area contributed by atoms with Gasteiger partial charge in [0.05, 0.1) is 19.9 Å². The van der Waals surface area contributed by atoms with Gasteiger partial charge < -0.3 is 19.8 Å². The van der Waals surface area contributed by atoms with Gasteiger partial charge in [-0.15, -0.1) is 0 Å². The zero-order chi connectivity index (χ0) is 27.4. The Morgan fingerprint density at radius 2 is 1.69 bits per heavy atom. The molecule has 0 saturated carbocycles. The fourth-order valence-corrected chi connectivity index (χ4v) is 4.95. The molecule has 39 heavy (non-hydrogen) atoms. The monoisotopic (exact) mass is 539 g/mol. The lowest BCUT2D eigenvalue weighted by molar-refractivity contribution is -0.138. The molecule has 0 saturated heterocycles. The second-order valence-electron chi connectivity index (χ2n) is 8.78. The van der Waals surface area contributed by atoms with E-state index in [1.807, 2.05) is 37.3 Å². The average molecular weight is 540 g/mol. The molecule has 8 nitrogen and oxygen atoms in total. The Labute approximate surface area is 229 Å². The molecule has 0 bridgehead atoms. The van der Waals surface area contributed by atoms with Crippen LogP contribution in [0, 0.1) is 6.92 Å². The molecular weight excluding hydrogens is 514 g/mol. The van der Waals surface area contributed by atoms with Crippen LogP contribution in [-0.2, 0) is 16.1 Å². The van der Waals surface area contributed by atoms with Crippen molar-refractivity contribution in [3.05, 3.63) is 119 Å². The second kappa shape index (κ2) is 11.3. The number of aryl methyl sites for hydroxylation is 1. The smallest absolute Gasteiger partial charge is 0.278 e. The Bertz CT molecular complexity index is 1540. The van der Waals surface area contributed by atoms with Crippen molar-refractivity contribution in [2.24, 2.45) is 0 Å². The molecule has 1 aliphatic heterocycles. The van der Waals surface area contributed by atoms with Crippen molar-refractivity contribution in [3.8, 4) is 5.75 Å². The molecule has 1 aliphatic rings. The van der Waals surface area contributed by atoms with Crippen LogP contribution in [0.5, 0.6) is 5.75 Å². The number of hydrogen-bond donors (Lipinski definition) is 2. The van der Waals surface area contributed by atoms with Gasteiger partial charge in [-0.1, -0.05) is 35.5 Å². The van der Waals surface area contributed by atoms with Crippen molar-refractivity contribution >= 4 is 40.9 Å². The van der Waals surface area contributed by atoms with Crippen molar-refractivity contribution in [1.82, 2.24) is 4.90 Å². The van der Waals surface area contributed by atoms with E-state index in [0.717, 1.165) is 22.2 Å². The lowest BCUT2D eigenvalue weighted by atomic mass is 10.2. The number of imide groups is 1. The Morgan fingerprint density at radius 3 is 2.38 bits per heavy atom. The number of rotatable bonds is 9. The molecule has 196 valence electrons. The lowest BCUT2D eigenvalue weighted by Crippen LogP contribution is -2.31. The molecule has 0 atom stereocenters. The summed E-state index contributed by atoms with van der Waals surface area (Å²) in [4.78, 5) is 41.7. The number of nitrogens with zero attached hydrogens (tertiary/aromatic N) is 1. The fraction of sp³-hybridized carbons (Fsp3) is 0.100. The number of benzene rings is 3. The SMILES string of the molecule is COc1ccc(C(=O)Nc2cccc(SC3=C(Nc4ccc(C)cc4)C(=O)N(Cc4ccco4)C3=O)c2)cc1. The van der Waals surface area contributed by atoms with Crippen LogP contribution < -0.4 is 15.4 Å². The highest BCUT2D eigenvalue weighted by Crippen LogP contribution is 2.37. The van der Waals surface area contributed by atoms with Crippen molar-refractivity contribution in [2.75, 3.05) is 17.7 Å². The normalized spacial score (nSPS) is 13.1. The van der Waals surface area contributed by atoms with E-state index >= 15 is 0 Å². The third-order valence-corrected chi connectivity index (χ3v) is 7.08. The maximum Gasteiger partial charge on any atom is 0.278 e. The Hall–Kier alpha value is -4.76. The van der Waals surface area contributed by atoms with Crippen molar-refractivity contribution in [2.45, 2.75) is 18.4 Å². The van der Waals surface area contributed by atoms with Gasteiger partial charge in [0, 0.05) is 21.8 Å². The van der Waals surface area contributed by atoms with E-state index < -0.39 is 11.8 Å². The summed E-state index contributed by atoms with van der Waals surface area (Å²) in [6.07, 6.45) is 1.50. The maximum atomic E-state index is 13.5. The van der Waals surface area contributed by atoms with Crippen molar-refractivity contribution < 1.29 is 23.5 Å². The van der Waals surface area contributed by atoms with Gasteiger partial charge in [-0.3, -0.25) is 19.3 Å². The van der Waals surface area contributed by atoms with Crippen LogP contribution in [0.3, 0.4) is 0 Å². The highest BCUT2D eigenvalue weighted by molar-refractivity contribution is 8.04. The average Bonchev–Trinajstić information content (AvgIpc) is 3.54. The molecule has 9 heteroatoms. The van der Waals surface area contributed by atoms with Gasteiger partial charge >= 0.3 is 0 Å². The third-order valence-electron chi connectivity index (χ3n) is 6.00. The van der Waals surface area contributed by atoms with Crippen molar-refractivity contribution in [3.63, 3.8) is 0 Å². The van der Waals surface area contributed by atoms with Crippen molar-refractivity contribution in [1.29, 1.82) is 0 Å². The van der Waals surface area contributed by atoms with Crippen LogP contribution in [0.15, 0.2) is 111 Å². The lowest BCUT2D eigenvalue weighted by Gasteiger charge is -2.13. The van der Waals surface area contributed by atoms with Gasteiger partial charge in [-0.05, 0) is 73.7 Å². The van der Waals surface area contributed by atoms with Crippen LogP contribution >= 0.6 is 11.8 Å². The number of ether oxygens (including phenoxy) is 1. The molecule has 4 aromatic rings. The van der Waals surface area contributed by atoms with Gasteiger partial charge in [0.15, 0.2) is 0 Å². The highest BCUT2D eigenvalue weighted by Gasteiger charge is 2.39. The second-order valence-corrected chi connectivity index (χ2v) is 9.87. The third kappa shape index (κ3) is 5.89. The minimum atomic E-state index is -0.441. The van der Waals surface area contributed by atoms with Gasteiger partial charge in [0.1, 0.15) is 22.1 Å². The van der Waals surface area contributed by atoms with Gasteiger partial charge in [0.2, 0.25) is 0 Å². The molecule has 0 spiro atoms. The zero-order valence-electron chi connectivity index (χ0n) is 21.3. The van der Waals surface area contributed by atoms with E-state index in [0.29, 0.717) is 33.3 Å². The molecule has 5 rings (SSSR count). The number of anilines is 2. The van der Waals surface area contributed by atoms with Gasteiger partial charge in [0.25, 0.3) is 17.7 Å². The number of amides is 3. The van der Waals surface area contributed by atoms with E-state index in [4.69, 9.17) is 9.15 Å². The van der Waals surface area contributed by atoms with Crippen LogP contribution in [0.1, 0.15) is 21.7 Å². The summed E-state index contributed by atoms with van der Waals surface area (Å²) in [6.45, 7) is 1.99. The topological polar surface area (TPSA) is 101 Å². The molecule has 2 heterocycles. The number of furan rings is 1. The first-order chi connectivity index (χ1) is 18.9. The first kappa shape index (κ1) is 25.9. The zero-order valence-corrected chi connectivity index (χ0v) is 22.1. The predicted molar refractivity (Wildman–Crippen MR) is 149 cm³/mol. The first-order valence-corrected chi connectivity index (χ1v) is 12.9. The van der Waals surface area contributed by atoms with Crippen LogP contribution in [0.2, 0.25) is 0 Å². The number of carbonyl (C=O) groups is 3. The predicted octanol–water partition coefficient (Wildman–Crippen LogP) is 5.83. The molecule has 0 aliphatic carbocycles. The molecule has 0 unspecified atom stereocenters. The number of thioether (sulfide) groups is 1. The Kier molecular flexibility index (Phi) is 7.51. The molecule has 0 fully saturated rings. The summed E-state index contributed by atoms with van der Waals surface area (Å²) in [7, 11) is 1.56. The molecule has 3 aromatic carbocycles. The van der Waals surface area contributed by atoms with Crippen LogP contribution in [0.25, 0.3) is 0 Å². The summed E-state index contributed by atoms with van der Waals surface area (Å²) in [5.74, 6) is 0.00984.